The second-order valence-electron chi connectivity index (χ2n) is 6.15. The molecule has 3 rings (SSSR count). The first-order valence-corrected chi connectivity index (χ1v) is 9.40. The van der Waals surface area contributed by atoms with Gasteiger partial charge in [0.2, 0.25) is 0 Å². The zero-order valence-corrected chi connectivity index (χ0v) is 15.6. The molecule has 2 heterocycles. The number of rotatable bonds is 7. The zero-order chi connectivity index (χ0) is 19.4. The van der Waals surface area contributed by atoms with Gasteiger partial charge < -0.3 is 11.1 Å². The van der Waals surface area contributed by atoms with Crippen molar-refractivity contribution in [3.63, 3.8) is 0 Å². The van der Waals surface area contributed by atoms with E-state index in [9.17, 15) is 13.6 Å². The number of nitrogens with zero attached hydrogens (tertiary/aromatic N) is 1. The van der Waals surface area contributed by atoms with E-state index in [2.05, 4.69) is 15.5 Å². The van der Waals surface area contributed by atoms with Crippen molar-refractivity contribution in [3.8, 4) is 11.1 Å². The van der Waals surface area contributed by atoms with Crippen LogP contribution in [0.4, 0.5) is 8.78 Å². The van der Waals surface area contributed by atoms with E-state index in [-0.39, 0.29) is 18.5 Å². The summed E-state index contributed by atoms with van der Waals surface area (Å²) in [6, 6.07) is 5.15. The number of nitrogens with one attached hydrogen (secondary N) is 2. The molecule has 0 radical (unpaired) electrons. The number of carbonyl (C=O) groups excluding carboxylic acids is 1. The summed E-state index contributed by atoms with van der Waals surface area (Å²) in [6.45, 7) is 2.22. The van der Waals surface area contributed by atoms with Gasteiger partial charge in [-0.1, -0.05) is 13.0 Å². The number of thiophene rings is 1. The van der Waals surface area contributed by atoms with Gasteiger partial charge in [0.1, 0.15) is 0 Å². The normalized spacial score (nSPS) is 12.1. The average molecular weight is 390 g/mol. The van der Waals surface area contributed by atoms with Gasteiger partial charge in [-0.3, -0.25) is 9.89 Å². The van der Waals surface area contributed by atoms with Gasteiger partial charge in [0.25, 0.3) is 5.91 Å². The van der Waals surface area contributed by atoms with E-state index in [1.807, 2.05) is 13.0 Å². The predicted molar refractivity (Wildman–Crippen MR) is 102 cm³/mol. The molecule has 2 aromatic heterocycles. The highest BCUT2D eigenvalue weighted by molar-refractivity contribution is 7.14. The second-order valence-corrected chi connectivity index (χ2v) is 7.28. The monoisotopic (exact) mass is 390 g/mol. The van der Waals surface area contributed by atoms with Crippen LogP contribution < -0.4 is 11.1 Å². The molecule has 0 bridgehead atoms. The molecule has 27 heavy (non-hydrogen) atoms. The van der Waals surface area contributed by atoms with Crippen molar-refractivity contribution in [2.45, 2.75) is 25.8 Å². The molecule has 1 amide bonds. The number of aromatic nitrogens is 2. The third-order valence-electron chi connectivity index (χ3n) is 4.25. The Morgan fingerprint density at radius 3 is 2.78 bits per heavy atom. The van der Waals surface area contributed by atoms with Crippen LogP contribution in [0.15, 0.2) is 36.7 Å². The van der Waals surface area contributed by atoms with Gasteiger partial charge in [-0.2, -0.15) is 5.10 Å². The fourth-order valence-corrected chi connectivity index (χ4v) is 3.87. The number of amides is 1. The second kappa shape index (κ2) is 8.41. The number of aryl methyl sites for hydroxylation is 1. The van der Waals surface area contributed by atoms with Crippen molar-refractivity contribution in [1.82, 2.24) is 15.5 Å². The Hall–Kier alpha value is -2.58. The van der Waals surface area contributed by atoms with Gasteiger partial charge in [-0.05, 0) is 42.2 Å². The lowest BCUT2D eigenvalue weighted by Gasteiger charge is -2.16. The molecule has 142 valence electrons. The van der Waals surface area contributed by atoms with E-state index in [4.69, 9.17) is 5.73 Å². The third-order valence-corrected chi connectivity index (χ3v) is 5.53. The zero-order valence-electron chi connectivity index (χ0n) is 14.8. The molecular weight excluding hydrogens is 370 g/mol. The SMILES string of the molecule is CCc1sc(C(=O)N[C@H](CN)Cc2ccc(F)c(F)c2)cc1-c1cn[nH]c1. The number of hydrogen-bond acceptors (Lipinski definition) is 4. The highest BCUT2D eigenvalue weighted by Gasteiger charge is 2.19. The van der Waals surface area contributed by atoms with Gasteiger partial charge >= 0.3 is 0 Å². The number of aromatic amines is 1. The molecule has 0 spiro atoms. The lowest BCUT2D eigenvalue weighted by atomic mass is 10.1. The maximum atomic E-state index is 13.4. The molecule has 0 saturated heterocycles. The summed E-state index contributed by atoms with van der Waals surface area (Å²) in [5, 5.41) is 9.61. The van der Waals surface area contributed by atoms with Gasteiger partial charge in [0.05, 0.1) is 11.1 Å². The van der Waals surface area contributed by atoms with Crippen molar-refractivity contribution < 1.29 is 13.6 Å². The Morgan fingerprint density at radius 2 is 2.15 bits per heavy atom. The first-order valence-electron chi connectivity index (χ1n) is 8.58. The summed E-state index contributed by atoms with van der Waals surface area (Å²) in [7, 11) is 0. The summed E-state index contributed by atoms with van der Waals surface area (Å²) in [5.74, 6) is -2.04. The standard InChI is InChI=1S/C19H20F2N4OS/c1-2-17-14(12-9-23-24-10-12)7-18(27-17)19(26)25-13(8-22)5-11-3-4-15(20)16(21)6-11/h3-4,6-7,9-10,13H,2,5,8,22H2,1H3,(H,23,24)(H,25,26)/t13-/m0/s1. The van der Waals surface area contributed by atoms with Crippen molar-refractivity contribution in [2.75, 3.05) is 6.54 Å². The molecule has 0 unspecified atom stereocenters. The fourth-order valence-electron chi connectivity index (χ4n) is 2.85. The van der Waals surface area contributed by atoms with Crippen molar-refractivity contribution in [3.05, 3.63) is 63.6 Å². The highest BCUT2D eigenvalue weighted by atomic mass is 32.1. The molecule has 1 aromatic carbocycles. The topological polar surface area (TPSA) is 83.8 Å². The minimum atomic E-state index is -0.912. The van der Waals surface area contributed by atoms with E-state index >= 15 is 0 Å². The molecule has 0 aliphatic heterocycles. The van der Waals surface area contributed by atoms with Crippen LogP contribution in [0.5, 0.6) is 0 Å². The predicted octanol–water partition coefficient (Wildman–Crippen LogP) is 3.28. The Kier molecular flexibility index (Phi) is 5.98. The van der Waals surface area contributed by atoms with Crippen LogP contribution in [0, 0.1) is 11.6 Å². The van der Waals surface area contributed by atoms with Crippen LogP contribution in [0.2, 0.25) is 0 Å². The van der Waals surface area contributed by atoms with E-state index in [1.165, 1.54) is 17.4 Å². The molecule has 5 nitrogen and oxygen atoms in total. The van der Waals surface area contributed by atoms with E-state index in [0.29, 0.717) is 16.9 Å². The third kappa shape index (κ3) is 4.40. The molecule has 0 aliphatic carbocycles. The largest absolute Gasteiger partial charge is 0.347 e. The number of nitrogens with two attached hydrogens (primary N) is 1. The minimum Gasteiger partial charge on any atom is -0.347 e. The van der Waals surface area contributed by atoms with Crippen LogP contribution in [-0.4, -0.2) is 28.7 Å². The van der Waals surface area contributed by atoms with Crippen LogP contribution in [0.3, 0.4) is 0 Å². The van der Waals surface area contributed by atoms with Crippen molar-refractivity contribution >= 4 is 17.2 Å². The molecular formula is C19H20F2N4OS. The first kappa shape index (κ1) is 19.2. The summed E-state index contributed by atoms with van der Waals surface area (Å²) < 4.78 is 26.4. The average Bonchev–Trinajstić information content (AvgIpc) is 3.32. The maximum Gasteiger partial charge on any atom is 0.261 e. The van der Waals surface area contributed by atoms with Gasteiger partial charge in [0, 0.05) is 29.2 Å². The number of benzene rings is 1. The van der Waals surface area contributed by atoms with Gasteiger partial charge in [-0.25, -0.2) is 8.78 Å². The minimum absolute atomic E-state index is 0.186. The van der Waals surface area contributed by atoms with Crippen molar-refractivity contribution in [1.29, 1.82) is 0 Å². The summed E-state index contributed by atoms with van der Waals surface area (Å²) in [5.41, 5.74) is 8.24. The molecule has 4 N–H and O–H groups in total. The van der Waals surface area contributed by atoms with E-state index < -0.39 is 11.6 Å². The van der Waals surface area contributed by atoms with E-state index in [0.717, 1.165) is 34.6 Å². The molecule has 3 aromatic rings. The van der Waals surface area contributed by atoms with E-state index in [1.54, 1.807) is 12.4 Å². The smallest absolute Gasteiger partial charge is 0.261 e. The van der Waals surface area contributed by atoms with Crippen molar-refractivity contribution in [2.24, 2.45) is 5.73 Å². The molecule has 0 saturated carbocycles. The molecule has 0 fully saturated rings. The first-order chi connectivity index (χ1) is 13.0. The fraction of sp³-hybridized carbons (Fsp3) is 0.263. The lowest BCUT2D eigenvalue weighted by molar-refractivity contribution is 0.0942. The van der Waals surface area contributed by atoms with Crippen LogP contribution in [0.1, 0.15) is 27.0 Å². The molecule has 1 atom stereocenters. The summed E-state index contributed by atoms with van der Waals surface area (Å²) >= 11 is 1.42. The quantitative estimate of drug-likeness (QED) is 0.579. The summed E-state index contributed by atoms with van der Waals surface area (Å²) in [4.78, 5) is 14.3. The molecule has 0 aliphatic rings. The maximum absolute atomic E-state index is 13.4. The molecule has 8 heteroatoms. The number of hydrogen-bond donors (Lipinski definition) is 3. The Morgan fingerprint density at radius 1 is 1.33 bits per heavy atom. The Bertz CT molecular complexity index is 924. The highest BCUT2D eigenvalue weighted by Crippen LogP contribution is 2.31. The van der Waals surface area contributed by atoms with Crippen LogP contribution in [-0.2, 0) is 12.8 Å². The van der Waals surface area contributed by atoms with Crippen LogP contribution in [0.25, 0.3) is 11.1 Å². The number of carbonyl (C=O) groups is 1. The Balaban J connectivity index is 1.74. The van der Waals surface area contributed by atoms with Gasteiger partial charge in [-0.15, -0.1) is 11.3 Å². The van der Waals surface area contributed by atoms with Crippen LogP contribution >= 0.6 is 11.3 Å². The Labute approximate surface area is 159 Å². The lowest BCUT2D eigenvalue weighted by Crippen LogP contribution is -2.41. The summed E-state index contributed by atoms with van der Waals surface area (Å²) in [6.07, 6.45) is 4.62. The number of halogens is 2. The number of H-pyrrole nitrogens is 1. The van der Waals surface area contributed by atoms with Gasteiger partial charge in [0.15, 0.2) is 11.6 Å².